The van der Waals surface area contributed by atoms with Crippen molar-refractivity contribution in [3.8, 4) is 5.75 Å². The fourth-order valence-electron chi connectivity index (χ4n) is 2.79. The van der Waals surface area contributed by atoms with Gasteiger partial charge in [0.1, 0.15) is 5.75 Å². The SMILES string of the molecule is CCCC1CCN(Cc2cc(OC)ccc2N)C1. The molecule has 3 heteroatoms. The molecule has 1 aromatic carbocycles. The van der Waals surface area contributed by atoms with Crippen molar-refractivity contribution in [3.05, 3.63) is 23.8 Å². The molecule has 1 aromatic rings. The molecular weight excluding hydrogens is 224 g/mol. The summed E-state index contributed by atoms with van der Waals surface area (Å²) in [5, 5.41) is 0. The number of likely N-dealkylation sites (tertiary alicyclic amines) is 1. The average molecular weight is 248 g/mol. The Morgan fingerprint density at radius 2 is 2.28 bits per heavy atom. The molecule has 0 spiro atoms. The van der Waals surface area contributed by atoms with Crippen molar-refractivity contribution in [3.63, 3.8) is 0 Å². The minimum atomic E-state index is 0.870. The monoisotopic (exact) mass is 248 g/mol. The van der Waals surface area contributed by atoms with Gasteiger partial charge in [0.05, 0.1) is 7.11 Å². The first-order chi connectivity index (χ1) is 8.72. The van der Waals surface area contributed by atoms with Crippen molar-refractivity contribution in [1.29, 1.82) is 0 Å². The molecule has 3 nitrogen and oxygen atoms in total. The Balaban J connectivity index is 1.97. The van der Waals surface area contributed by atoms with Gasteiger partial charge >= 0.3 is 0 Å². The molecule has 100 valence electrons. The van der Waals surface area contributed by atoms with Gasteiger partial charge in [-0.2, -0.15) is 0 Å². The number of nitrogens with zero attached hydrogens (tertiary/aromatic N) is 1. The second-order valence-corrected chi connectivity index (χ2v) is 5.24. The summed E-state index contributed by atoms with van der Waals surface area (Å²) < 4.78 is 5.26. The number of rotatable bonds is 5. The van der Waals surface area contributed by atoms with Gasteiger partial charge in [0.15, 0.2) is 0 Å². The van der Waals surface area contributed by atoms with Crippen LogP contribution in [0.5, 0.6) is 5.75 Å². The van der Waals surface area contributed by atoms with E-state index in [0.29, 0.717) is 0 Å². The molecule has 1 aliphatic rings. The van der Waals surface area contributed by atoms with Crippen molar-refractivity contribution in [1.82, 2.24) is 4.90 Å². The Bertz CT molecular complexity index is 392. The molecule has 18 heavy (non-hydrogen) atoms. The molecule has 0 amide bonds. The van der Waals surface area contributed by atoms with Gasteiger partial charge in [0.25, 0.3) is 0 Å². The van der Waals surface area contributed by atoms with Crippen molar-refractivity contribution >= 4 is 5.69 Å². The van der Waals surface area contributed by atoms with E-state index in [1.54, 1.807) is 7.11 Å². The summed E-state index contributed by atoms with van der Waals surface area (Å²) in [6, 6.07) is 5.92. The first-order valence-corrected chi connectivity index (χ1v) is 6.87. The lowest BCUT2D eigenvalue weighted by molar-refractivity contribution is 0.312. The molecule has 1 aliphatic heterocycles. The van der Waals surface area contributed by atoms with E-state index in [-0.39, 0.29) is 0 Å². The lowest BCUT2D eigenvalue weighted by atomic mass is 10.0. The van der Waals surface area contributed by atoms with Crippen LogP contribution in [0.2, 0.25) is 0 Å². The van der Waals surface area contributed by atoms with E-state index >= 15 is 0 Å². The summed E-state index contributed by atoms with van der Waals surface area (Å²) in [6.45, 7) is 5.62. The summed E-state index contributed by atoms with van der Waals surface area (Å²) >= 11 is 0. The standard InChI is InChI=1S/C15H24N2O/c1-3-4-12-7-8-17(10-12)11-13-9-14(18-2)5-6-15(13)16/h5-6,9,12H,3-4,7-8,10-11,16H2,1-2H3. The van der Waals surface area contributed by atoms with Crippen LogP contribution in [-0.2, 0) is 6.54 Å². The molecule has 0 aromatic heterocycles. The molecule has 0 saturated carbocycles. The smallest absolute Gasteiger partial charge is 0.119 e. The van der Waals surface area contributed by atoms with Gasteiger partial charge in [0.2, 0.25) is 0 Å². The summed E-state index contributed by atoms with van der Waals surface area (Å²) in [5.74, 6) is 1.77. The fourth-order valence-corrected chi connectivity index (χ4v) is 2.79. The van der Waals surface area contributed by atoms with Crippen LogP contribution >= 0.6 is 0 Å². The third kappa shape index (κ3) is 3.16. The molecule has 2 N–H and O–H groups in total. The van der Waals surface area contributed by atoms with Crippen molar-refractivity contribution in [2.75, 3.05) is 25.9 Å². The molecule has 0 bridgehead atoms. The topological polar surface area (TPSA) is 38.5 Å². The van der Waals surface area contributed by atoms with Crippen LogP contribution in [0.25, 0.3) is 0 Å². The van der Waals surface area contributed by atoms with Gasteiger partial charge in [-0.1, -0.05) is 13.3 Å². The maximum atomic E-state index is 6.03. The van der Waals surface area contributed by atoms with Gasteiger partial charge in [-0.15, -0.1) is 0 Å². The largest absolute Gasteiger partial charge is 0.497 e. The molecule has 1 unspecified atom stereocenters. The van der Waals surface area contributed by atoms with Crippen LogP contribution in [-0.4, -0.2) is 25.1 Å². The zero-order valence-corrected chi connectivity index (χ0v) is 11.5. The summed E-state index contributed by atoms with van der Waals surface area (Å²) in [6.07, 6.45) is 3.97. The number of hydrogen-bond acceptors (Lipinski definition) is 3. The highest BCUT2D eigenvalue weighted by Gasteiger charge is 2.22. The number of nitrogen functional groups attached to an aromatic ring is 1. The van der Waals surface area contributed by atoms with Crippen LogP contribution in [0.3, 0.4) is 0 Å². The Morgan fingerprint density at radius 1 is 1.44 bits per heavy atom. The Morgan fingerprint density at radius 3 is 3.00 bits per heavy atom. The number of ether oxygens (including phenoxy) is 1. The predicted molar refractivity (Wildman–Crippen MR) is 75.7 cm³/mol. The minimum absolute atomic E-state index is 0.870. The van der Waals surface area contributed by atoms with Crippen LogP contribution in [0.4, 0.5) is 5.69 Å². The Hall–Kier alpha value is -1.22. The zero-order valence-electron chi connectivity index (χ0n) is 11.5. The normalized spacial score (nSPS) is 20.2. The summed E-state index contributed by atoms with van der Waals surface area (Å²) in [5.41, 5.74) is 8.09. The number of benzene rings is 1. The molecular formula is C15H24N2O. The van der Waals surface area contributed by atoms with E-state index in [2.05, 4.69) is 17.9 Å². The Labute approximate surface area is 110 Å². The second kappa shape index (κ2) is 6.10. The number of nitrogens with two attached hydrogens (primary N) is 1. The van der Waals surface area contributed by atoms with Gasteiger partial charge in [-0.25, -0.2) is 0 Å². The van der Waals surface area contributed by atoms with Crippen LogP contribution < -0.4 is 10.5 Å². The van der Waals surface area contributed by atoms with E-state index in [1.165, 1.54) is 37.9 Å². The second-order valence-electron chi connectivity index (χ2n) is 5.24. The van der Waals surface area contributed by atoms with Crippen molar-refractivity contribution in [2.24, 2.45) is 5.92 Å². The molecule has 0 radical (unpaired) electrons. The molecule has 0 aliphatic carbocycles. The van der Waals surface area contributed by atoms with Gasteiger partial charge in [-0.3, -0.25) is 4.90 Å². The average Bonchev–Trinajstić information content (AvgIpc) is 2.80. The quantitative estimate of drug-likeness (QED) is 0.814. The lowest BCUT2D eigenvalue weighted by Gasteiger charge is -2.17. The van der Waals surface area contributed by atoms with Crippen LogP contribution in [0, 0.1) is 5.92 Å². The third-order valence-electron chi connectivity index (χ3n) is 3.81. The van der Waals surface area contributed by atoms with Gasteiger partial charge < -0.3 is 10.5 Å². The van der Waals surface area contributed by atoms with E-state index in [4.69, 9.17) is 10.5 Å². The van der Waals surface area contributed by atoms with E-state index < -0.39 is 0 Å². The number of methoxy groups -OCH3 is 1. The highest BCUT2D eigenvalue weighted by atomic mass is 16.5. The van der Waals surface area contributed by atoms with Crippen molar-refractivity contribution < 1.29 is 4.74 Å². The van der Waals surface area contributed by atoms with E-state index in [1.807, 2.05) is 12.1 Å². The zero-order chi connectivity index (χ0) is 13.0. The Kier molecular flexibility index (Phi) is 4.48. The van der Waals surface area contributed by atoms with E-state index in [0.717, 1.165) is 23.9 Å². The van der Waals surface area contributed by atoms with Gasteiger partial charge in [0, 0.05) is 18.8 Å². The number of hydrogen-bond donors (Lipinski definition) is 1. The van der Waals surface area contributed by atoms with Crippen LogP contribution in [0.1, 0.15) is 31.7 Å². The minimum Gasteiger partial charge on any atom is -0.497 e. The first kappa shape index (κ1) is 13.2. The maximum absolute atomic E-state index is 6.03. The molecule has 1 heterocycles. The highest BCUT2D eigenvalue weighted by molar-refractivity contribution is 5.50. The van der Waals surface area contributed by atoms with Gasteiger partial charge in [-0.05, 0) is 49.1 Å². The van der Waals surface area contributed by atoms with Crippen LogP contribution in [0.15, 0.2) is 18.2 Å². The maximum Gasteiger partial charge on any atom is 0.119 e. The van der Waals surface area contributed by atoms with Crippen molar-refractivity contribution in [2.45, 2.75) is 32.7 Å². The fraction of sp³-hybridized carbons (Fsp3) is 0.600. The summed E-state index contributed by atoms with van der Waals surface area (Å²) in [4.78, 5) is 2.51. The lowest BCUT2D eigenvalue weighted by Crippen LogP contribution is -2.20. The van der Waals surface area contributed by atoms with E-state index in [9.17, 15) is 0 Å². The molecule has 1 atom stereocenters. The summed E-state index contributed by atoms with van der Waals surface area (Å²) in [7, 11) is 1.70. The predicted octanol–water partition coefficient (Wildman–Crippen LogP) is 2.90. The first-order valence-electron chi connectivity index (χ1n) is 6.87. The third-order valence-corrected chi connectivity index (χ3v) is 3.81. The highest BCUT2D eigenvalue weighted by Crippen LogP contribution is 2.26. The molecule has 1 fully saturated rings. The molecule has 2 rings (SSSR count). The molecule has 1 saturated heterocycles. The number of anilines is 1.